The Morgan fingerprint density at radius 2 is 2.25 bits per heavy atom. The molecule has 20 heavy (non-hydrogen) atoms. The van der Waals surface area contributed by atoms with Crippen molar-refractivity contribution in [2.75, 3.05) is 36.2 Å². The predicted octanol–water partition coefficient (Wildman–Crippen LogP) is 2.63. The zero-order valence-corrected chi connectivity index (χ0v) is 13.5. The van der Waals surface area contributed by atoms with Crippen molar-refractivity contribution in [3.63, 3.8) is 0 Å². The van der Waals surface area contributed by atoms with Crippen molar-refractivity contribution in [1.82, 2.24) is 9.97 Å². The fraction of sp³-hybridized carbons (Fsp3) is 0.714. The number of nitrogens with one attached hydrogen (secondary N) is 1. The van der Waals surface area contributed by atoms with Crippen LogP contribution < -0.4 is 10.2 Å². The summed E-state index contributed by atoms with van der Waals surface area (Å²) >= 11 is 1.58. The molecule has 1 aromatic heterocycles. The minimum absolute atomic E-state index is 0.244. The molecule has 1 aliphatic rings. The normalized spacial score (nSPS) is 22.9. The zero-order chi connectivity index (χ0) is 14.5. The first-order valence-corrected chi connectivity index (χ1v) is 8.45. The van der Waals surface area contributed by atoms with E-state index in [9.17, 15) is 0 Å². The molecule has 1 aromatic rings. The Labute approximate surface area is 125 Å². The molecule has 2 atom stereocenters. The number of aromatic nitrogens is 2. The highest BCUT2D eigenvalue weighted by Gasteiger charge is 2.27. The van der Waals surface area contributed by atoms with Gasteiger partial charge in [0.15, 0.2) is 5.16 Å². The fourth-order valence-corrected chi connectivity index (χ4v) is 2.76. The lowest BCUT2D eigenvalue weighted by Crippen LogP contribution is -2.49. The van der Waals surface area contributed by atoms with Gasteiger partial charge in [-0.3, -0.25) is 0 Å². The number of ether oxygens (including phenoxy) is 1. The van der Waals surface area contributed by atoms with Crippen LogP contribution in [0.3, 0.4) is 0 Å². The van der Waals surface area contributed by atoms with Crippen LogP contribution in [0.1, 0.15) is 27.2 Å². The second-order valence-corrected chi connectivity index (χ2v) is 5.76. The van der Waals surface area contributed by atoms with E-state index in [1.807, 2.05) is 12.3 Å². The number of hydrogen-bond acceptors (Lipinski definition) is 6. The maximum absolute atomic E-state index is 5.76. The first-order valence-electron chi connectivity index (χ1n) is 7.23. The van der Waals surface area contributed by atoms with Crippen molar-refractivity contribution in [3.05, 3.63) is 6.07 Å². The summed E-state index contributed by atoms with van der Waals surface area (Å²) in [6, 6.07) is 2.44. The number of morpholine rings is 1. The van der Waals surface area contributed by atoms with Crippen molar-refractivity contribution >= 4 is 23.4 Å². The minimum atomic E-state index is 0.244. The first kappa shape index (κ1) is 15.4. The Bertz CT molecular complexity index is 443. The molecule has 0 spiro atoms. The van der Waals surface area contributed by atoms with Crippen molar-refractivity contribution in [2.45, 2.75) is 44.5 Å². The van der Waals surface area contributed by atoms with E-state index < -0.39 is 0 Å². The van der Waals surface area contributed by atoms with Crippen LogP contribution in [0.5, 0.6) is 0 Å². The van der Waals surface area contributed by atoms with Crippen LogP contribution in [0.15, 0.2) is 11.2 Å². The van der Waals surface area contributed by atoms with Crippen molar-refractivity contribution in [1.29, 1.82) is 0 Å². The van der Waals surface area contributed by atoms with E-state index in [1.165, 1.54) is 0 Å². The van der Waals surface area contributed by atoms with Crippen LogP contribution in [0.2, 0.25) is 0 Å². The summed E-state index contributed by atoms with van der Waals surface area (Å²) in [5.41, 5.74) is 0. The van der Waals surface area contributed by atoms with E-state index in [4.69, 9.17) is 4.74 Å². The topological polar surface area (TPSA) is 50.3 Å². The lowest BCUT2D eigenvalue weighted by Gasteiger charge is -2.39. The summed E-state index contributed by atoms with van der Waals surface area (Å²) in [5.74, 6) is 1.90. The Morgan fingerprint density at radius 3 is 2.90 bits per heavy atom. The minimum Gasteiger partial charge on any atom is -0.375 e. The number of nitrogens with zero attached hydrogens (tertiary/aromatic N) is 3. The smallest absolute Gasteiger partial charge is 0.191 e. The highest BCUT2D eigenvalue weighted by Crippen LogP contribution is 2.25. The molecule has 2 heterocycles. The van der Waals surface area contributed by atoms with Crippen molar-refractivity contribution < 1.29 is 4.74 Å². The predicted molar refractivity (Wildman–Crippen MR) is 84.8 cm³/mol. The second kappa shape index (κ2) is 7.13. The molecule has 5 nitrogen and oxygen atoms in total. The average Bonchev–Trinajstić information content (AvgIpc) is 2.47. The van der Waals surface area contributed by atoms with Crippen LogP contribution in [0.25, 0.3) is 0 Å². The van der Waals surface area contributed by atoms with Gasteiger partial charge in [0.2, 0.25) is 0 Å². The number of hydrogen-bond donors (Lipinski definition) is 1. The van der Waals surface area contributed by atoms with Crippen molar-refractivity contribution in [2.24, 2.45) is 0 Å². The summed E-state index contributed by atoms with van der Waals surface area (Å²) in [6.07, 6.45) is 3.31. The van der Waals surface area contributed by atoms with Gasteiger partial charge in [0, 0.05) is 19.2 Å². The number of anilines is 2. The van der Waals surface area contributed by atoms with E-state index in [0.29, 0.717) is 6.04 Å². The van der Waals surface area contributed by atoms with Gasteiger partial charge in [-0.2, -0.15) is 0 Å². The molecule has 0 bridgehead atoms. The largest absolute Gasteiger partial charge is 0.375 e. The third kappa shape index (κ3) is 3.55. The quantitative estimate of drug-likeness (QED) is 0.666. The second-order valence-electron chi connectivity index (χ2n) is 4.99. The van der Waals surface area contributed by atoms with Crippen LogP contribution in [-0.2, 0) is 4.74 Å². The monoisotopic (exact) mass is 296 g/mol. The molecule has 0 amide bonds. The Balaban J connectivity index is 2.30. The zero-order valence-electron chi connectivity index (χ0n) is 12.7. The Morgan fingerprint density at radius 1 is 1.45 bits per heavy atom. The molecule has 1 aliphatic heterocycles. The Kier molecular flexibility index (Phi) is 5.48. The standard InChI is InChI=1S/C14H24N4OS/c1-5-11-9-19-10(3)8-18(11)13-7-12(15-6-2)16-14(17-13)20-4/h7,10-11H,5-6,8-9H2,1-4H3,(H,15,16,17). The van der Waals surface area contributed by atoms with Gasteiger partial charge in [-0.25, -0.2) is 9.97 Å². The molecule has 0 aromatic carbocycles. The van der Waals surface area contributed by atoms with Gasteiger partial charge in [-0.1, -0.05) is 18.7 Å². The molecule has 2 unspecified atom stereocenters. The fourth-order valence-electron chi connectivity index (χ4n) is 2.39. The molecule has 0 aliphatic carbocycles. The molecular formula is C14H24N4OS. The molecule has 0 saturated carbocycles. The molecule has 1 saturated heterocycles. The van der Waals surface area contributed by atoms with E-state index in [-0.39, 0.29) is 6.10 Å². The van der Waals surface area contributed by atoms with Gasteiger partial charge in [-0.15, -0.1) is 0 Å². The molecule has 6 heteroatoms. The maximum atomic E-state index is 5.76. The van der Waals surface area contributed by atoms with E-state index >= 15 is 0 Å². The highest BCUT2D eigenvalue weighted by atomic mass is 32.2. The van der Waals surface area contributed by atoms with E-state index in [1.54, 1.807) is 11.8 Å². The van der Waals surface area contributed by atoms with Gasteiger partial charge in [-0.05, 0) is 26.5 Å². The molecule has 1 N–H and O–H groups in total. The molecule has 0 radical (unpaired) electrons. The SMILES string of the molecule is CCNc1cc(N2CC(C)OCC2CC)nc(SC)n1. The van der Waals surface area contributed by atoms with Gasteiger partial charge in [0.25, 0.3) is 0 Å². The highest BCUT2D eigenvalue weighted by molar-refractivity contribution is 7.98. The maximum Gasteiger partial charge on any atom is 0.191 e. The first-order chi connectivity index (χ1) is 9.67. The van der Waals surface area contributed by atoms with Crippen molar-refractivity contribution in [3.8, 4) is 0 Å². The number of rotatable bonds is 5. The molecular weight excluding hydrogens is 272 g/mol. The number of thioether (sulfide) groups is 1. The van der Waals surface area contributed by atoms with Gasteiger partial charge in [0.05, 0.1) is 18.8 Å². The van der Waals surface area contributed by atoms with Crippen LogP contribution in [0, 0.1) is 0 Å². The molecule has 2 rings (SSSR count). The van der Waals surface area contributed by atoms with Crippen LogP contribution >= 0.6 is 11.8 Å². The lowest BCUT2D eigenvalue weighted by molar-refractivity contribution is 0.0295. The van der Waals surface area contributed by atoms with E-state index in [0.717, 1.165) is 42.9 Å². The molecule has 1 fully saturated rings. The van der Waals surface area contributed by atoms with Crippen LogP contribution in [0.4, 0.5) is 11.6 Å². The summed E-state index contributed by atoms with van der Waals surface area (Å²) in [7, 11) is 0. The van der Waals surface area contributed by atoms with Gasteiger partial charge < -0.3 is 15.0 Å². The summed E-state index contributed by atoms with van der Waals surface area (Å²) in [5, 5.41) is 4.10. The summed E-state index contributed by atoms with van der Waals surface area (Å²) in [6.45, 7) is 8.90. The van der Waals surface area contributed by atoms with Gasteiger partial charge in [0.1, 0.15) is 11.6 Å². The lowest BCUT2D eigenvalue weighted by atomic mass is 10.1. The van der Waals surface area contributed by atoms with E-state index in [2.05, 4.69) is 41.0 Å². The van der Waals surface area contributed by atoms with Crippen LogP contribution in [-0.4, -0.2) is 48.1 Å². The van der Waals surface area contributed by atoms with Gasteiger partial charge >= 0.3 is 0 Å². The summed E-state index contributed by atoms with van der Waals surface area (Å²) in [4.78, 5) is 11.5. The third-order valence-corrected chi connectivity index (χ3v) is 4.01. The average molecular weight is 296 g/mol. The Hall–Kier alpha value is -1.01. The third-order valence-electron chi connectivity index (χ3n) is 3.47. The summed E-state index contributed by atoms with van der Waals surface area (Å²) < 4.78 is 5.76. The molecule has 112 valence electrons.